The van der Waals surface area contributed by atoms with Gasteiger partial charge in [-0.15, -0.1) is 0 Å². The molecule has 4 heteroatoms. The number of hydrogen-bond acceptors (Lipinski definition) is 4. The predicted molar refractivity (Wildman–Crippen MR) is 110 cm³/mol. The molecule has 3 atom stereocenters. The number of ketones is 1. The fourth-order valence-corrected chi connectivity index (χ4v) is 4.11. The highest BCUT2D eigenvalue weighted by atomic mass is 16.7. The van der Waals surface area contributed by atoms with Gasteiger partial charge in [-0.05, 0) is 31.2 Å². The van der Waals surface area contributed by atoms with Crippen molar-refractivity contribution >= 4 is 5.78 Å². The Morgan fingerprint density at radius 1 is 1.15 bits per heavy atom. The average molecular weight is 379 g/mol. The van der Waals surface area contributed by atoms with Crippen LogP contribution in [-0.4, -0.2) is 37.0 Å². The first-order valence-corrected chi connectivity index (χ1v) is 9.84. The highest BCUT2D eigenvalue weighted by molar-refractivity contribution is 5.83. The number of carbonyl (C=O) groups excluding carboxylic acids is 1. The SMILES string of the molecule is CCCC(C)(O)CC(=O)C(C(OC)OC)[C@@H](c1cccc(C)c1)C(C)(C)C. The predicted octanol–water partition coefficient (Wildman–Crippen LogP) is 4.87. The molecule has 27 heavy (non-hydrogen) atoms. The molecule has 0 aliphatic heterocycles. The zero-order valence-electron chi connectivity index (χ0n) is 18.3. The lowest BCUT2D eigenvalue weighted by Gasteiger charge is -2.40. The molecule has 0 aliphatic rings. The first-order chi connectivity index (χ1) is 12.5. The van der Waals surface area contributed by atoms with Crippen molar-refractivity contribution in [3.05, 3.63) is 35.4 Å². The van der Waals surface area contributed by atoms with Gasteiger partial charge >= 0.3 is 0 Å². The van der Waals surface area contributed by atoms with Gasteiger partial charge in [-0.25, -0.2) is 0 Å². The van der Waals surface area contributed by atoms with Gasteiger partial charge in [0.1, 0.15) is 5.78 Å². The lowest BCUT2D eigenvalue weighted by Crippen LogP contribution is -2.43. The number of methoxy groups -OCH3 is 2. The maximum absolute atomic E-state index is 13.4. The molecular weight excluding hydrogens is 340 g/mol. The number of carbonyl (C=O) groups is 1. The van der Waals surface area contributed by atoms with Gasteiger partial charge in [-0.2, -0.15) is 0 Å². The second-order valence-corrected chi connectivity index (χ2v) is 9.01. The van der Waals surface area contributed by atoms with Crippen LogP contribution in [0.15, 0.2) is 24.3 Å². The van der Waals surface area contributed by atoms with Crippen molar-refractivity contribution in [2.75, 3.05) is 14.2 Å². The third kappa shape index (κ3) is 6.70. The van der Waals surface area contributed by atoms with Crippen molar-refractivity contribution in [1.29, 1.82) is 0 Å². The van der Waals surface area contributed by atoms with Crippen LogP contribution < -0.4 is 0 Å². The monoisotopic (exact) mass is 378 g/mol. The van der Waals surface area contributed by atoms with Crippen LogP contribution in [0.4, 0.5) is 0 Å². The Morgan fingerprint density at radius 2 is 1.74 bits per heavy atom. The molecular formula is C23H38O4. The number of hydrogen-bond donors (Lipinski definition) is 1. The lowest BCUT2D eigenvalue weighted by molar-refractivity contribution is -0.167. The van der Waals surface area contributed by atoms with Crippen LogP contribution in [0.2, 0.25) is 0 Å². The van der Waals surface area contributed by atoms with E-state index in [4.69, 9.17) is 9.47 Å². The van der Waals surface area contributed by atoms with E-state index in [1.54, 1.807) is 21.1 Å². The molecule has 0 aromatic heterocycles. The van der Waals surface area contributed by atoms with Gasteiger partial charge in [0.15, 0.2) is 6.29 Å². The topological polar surface area (TPSA) is 55.8 Å². The highest BCUT2D eigenvalue weighted by Gasteiger charge is 2.44. The second kappa shape index (κ2) is 9.81. The number of benzene rings is 1. The van der Waals surface area contributed by atoms with Crippen LogP contribution in [0.1, 0.15) is 70.9 Å². The Morgan fingerprint density at radius 3 is 2.19 bits per heavy atom. The van der Waals surface area contributed by atoms with Gasteiger partial charge < -0.3 is 14.6 Å². The van der Waals surface area contributed by atoms with Crippen LogP contribution in [0.25, 0.3) is 0 Å². The Labute approximate surface area is 165 Å². The smallest absolute Gasteiger partial charge is 0.167 e. The largest absolute Gasteiger partial charge is 0.390 e. The maximum Gasteiger partial charge on any atom is 0.167 e. The molecule has 0 bridgehead atoms. The Bertz CT molecular complexity index is 597. The molecule has 0 fully saturated rings. The Hall–Kier alpha value is -1.23. The van der Waals surface area contributed by atoms with E-state index in [1.165, 1.54) is 0 Å². The van der Waals surface area contributed by atoms with E-state index in [-0.39, 0.29) is 23.5 Å². The van der Waals surface area contributed by atoms with E-state index in [1.807, 2.05) is 13.0 Å². The summed E-state index contributed by atoms with van der Waals surface area (Å²) in [7, 11) is 3.13. The normalized spacial score (nSPS) is 16.8. The first-order valence-electron chi connectivity index (χ1n) is 9.84. The maximum atomic E-state index is 13.4. The summed E-state index contributed by atoms with van der Waals surface area (Å²) in [5.74, 6) is -0.638. The third-order valence-electron chi connectivity index (χ3n) is 5.17. The zero-order valence-corrected chi connectivity index (χ0v) is 18.3. The van der Waals surface area contributed by atoms with E-state index < -0.39 is 17.8 Å². The van der Waals surface area contributed by atoms with Crippen LogP contribution >= 0.6 is 0 Å². The summed E-state index contributed by atoms with van der Waals surface area (Å²) < 4.78 is 11.1. The molecule has 0 spiro atoms. The average Bonchev–Trinajstić information content (AvgIpc) is 2.53. The molecule has 0 saturated carbocycles. The number of Topliss-reactive ketones (excluding diaryl/α,β-unsaturated/α-hetero) is 1. The van der Waals surface area contributed by atoms with Crippen LogP contribution in [-0.2, 0) is 14.3 Å². The van der Waals surface area contributed by atoms with Crippen LogP contribution in [0.5, 0.6) is 0 Å². The molecule has 1 aromatic rings. The van der Waals surface area contributed by atoms with Gasteiger partial charge in [0.25, 0.3) is 0 Å². The van der Waals surface area contributed by atoms with Crippen molar-refractivity contribution < 1.29 is 19.4 Å². The quantitative estimate of drug-likeness (QED) is 0.590. The minimum atomic E-state index is -1.02. The van der Waals surface area contributed by atoms with Gasteiger partial charge in [-0.1, -0.05) is 63.9 Å². The number of rotatable bonds is 10. The summed E-state index contributed by atoms with van der Waals surface area (Å²) in [5.41, 5.74) is 1.03. The Kier molecular flexibility index (Phi) is 8.65. The molecule has 0 aliphatic carbocycles. The van der Waals surface area contributed by atoms with E-state index in [0.29, 0.717) is 6.42 Å². The fraction of sp³-hybridized carbons (Fsp3) is 0.696. The molecule has 0 amide bonds. The molecule has 1 aromatic carbocycles. The summed E-state index contributed by atoms with van der Waals surface area (Å²) in [4.78, 5) is 13.4. The molecule has 0 saturated heterocycles. The van der Waals surface area contributed by atoms with Crippen molar-refractivity contribution in [2.45, 2.75) is 78.6 Å². The fourth-order valence-electron chi connectivity index (χ4n) is 4.11. The third-order valence-corrected chi connectivity index (χ3v) is 5.17. The van der Waals surface area contributed by atoms with Crippen molar-refractivity contribution in [2.24, 2.45) is 11.3 Å². The molecule has 154 valence electrons. The van der Waals surface area contributed by atoms with E-state index in [9.17, 15) is 9.90 Å². The molecule has 0 heterocycles. The standard InChI is InChI=1S/C23H38O4/c1-9-13-23(6,25)15-18(24)19(21(26-7)27-8)20(22(3,4)5)17-12-10-11-16(2)14-17/h10-12,14,19-21,25H,9,13,15H2,1-8H3/t19?,20-,23?/m1/s1. The minimum Gasteiger partial charge on any atom is -0.390 e. The van der Waals surface area contributed by atoms with Crippen LogP contribution in [0.3, 0.4) is 0 Å². The summed E-state index contributed by atoms with van der Waals surface area (Å²) >= 11 is 0. The van der Waals surface area contributed by atoms with Gasteiger partial charge in [0.2, 0.25) is 0 Å². The van der Waals surface area contributed by atoms with Gasteiger partial charge in [-0.3, -0.25) is 4.79 Å². The molecule has 2 unspecified atom stereocenters. The summed E-state index contributed by atoms with van der Waals surface area (Å²) in [6, 6.07) is 8.27. The molecule has 1 N–H and O–H groups in total. The van der Waals surface area contributed by atoms with E-state index >= 15 is 0 Å². The van der Waals surface area contributed by atoms with Crippen molar-refractivity contribution in [3.8, 4) is 0 Å². The summed E-state index contributed by atoms with van der Waals surface area (Å²) in [6.07, 6.45) is 0.830. The number of ether oxygens (including phenoxy) is 2. The first kappa shape index (κ1) is 23.8. The summed E-state index contributed by atoms with van der Waals surface area (Å²) in [5, 5.41) is 10.7. The molecule has 1 rings (SSSR count). The van der Waals surface area contributed by atoms with E-state index in [2.05, 4.69) is 45.9 Å². The zero-order chi connectivity index (χ0) is 20.8. The molecule has 4 nitrogen and oxygen atoms in total. The van der Waals surface area contributed by atoms with E-state index in [0.717, 1.165) is 17.5 Å². The minimum absolute atomic E-state index is 0.0245. The van der Waals surface area contributed by atoms with Gasteiger partial charge in [0.05, 0.1) is 11.5 Å². The Balaban J connectivity index is 3.42. The van der Waals surface area contributed by atoms with Crippen LogP contribution in [0, 0.1) is 18.3 Å². The number of aryl methyl sites for hydroxylation is 1. The van der Waals surface area contributed by atoms with Gasteiger partial charge in [0, 0.05) is 26.6 Å². The molecule has 0 radical (unpaired) electrons. The second-order valence-electron chi connectivity index (χ2n) is 9.01. The lowest BCUT2D eigenvalue weighted by atomic mass is 9.66. The van der Waals surface area contributed by atoms with Crippen molar-refractivity contribution in [1.82, 2.24) is 0 Å². The number of aliphatic hydroxyl groups is 1. The summed E-state index contributed by atoms with van der Waals surface area (Å²) in [6.45, 7) is 12.2. The van der Waals surface area contributed by atoms with Crippen molar-refractivity contribution in [3.63, 3.8) is 0 Å². The highest BCUT2D eigenvalue weighted by Crippen LogP contribution is 2.44.